The lowest BCUT2D eigenvalue weighted by Crippen LogP contribution is -2.29. The number of ether oxygens (including phenoxy) is 1. The number of hydrogen-bond donors (Lipinski definition) is 0. The molecule has 0 unspecified atom stereocenters. The molecule has 4 aromatic carbocycles. The highest BCUT2D eigenvalue weighted by atomic mass is 35.5. The van der Waals surface area contributed by atoms with Gasteiger partial charge in [0.25, 0.3) is 0 Å². The van der Waals surface area contributed by atoms with Crippen molar-refractivity contribution in [2.45, 2.75) is 63.9 Å². The van der Waals surface area contributed by atoms with Crippen LogP contribution in [-0.2, 0) is 11.3 Å². The molecule has 1 heterocycles. The van der Waals surface area contributed by atoms with Crippen molar-refractivity contribution in [1.82, 2.24) is 0 Å². The van der Waals surface area contributed by atoms with Gasteiger partial charge in [0.15, 0.2) is 0 Å². The quantitative estimate of drug-likeness (QED) is 0.203. The molecule has 216 valence electrons. The van der Waals surface area contributed by atoms with Crippen LogP contribution in [0, 0.1) is 5.82 Å². The molecule has 0 aromatic heterocycles. The van der Waals surface area contributed by atoms with Crippen molar-refractivity contribution < 1.29 is 13.9 Å². The molecule has 0 radical (unpaired) electrons. The molecule has 2 aliphatic rings. The zero-order valence-electron chi connectivity index (χ0n) is 24.0. The van der Waals surface area contributed by atoms with Crippen LogP contribution in [0.2, 0.25) is 5.02 Å². The summed E-state index contributed by atoms with van der Waals surface area (Å²) in [7, 11) is 0. The van der Waals surface area contributed by atoms with Crippen LogP contribution in [0.5, 0.6) is 0 Å². The van der Waals surface area contributed by atoms with Gasteiger partial charge in [-0.15, -0.1) is 0 Å². The smallest absolute Gasteiger partial charge is 0.338 e. The molecule has 3 nitrogen and oxygen atoms in total. The summed E-state index contributed by atoms with van der Waals surface area (Å²) >= 11 is 6.14. The molecular weight excluding hydrogens is 545 g/mol. The lowest BCUT2D eigenvalue weighted by Gasteiger charge is -2.29. The molecular formula is C37H37ClFNO2. The Kier molecular flexibility index (Phi) is 8.90. The van der Waals surface area contributed by atoms with Crippen LogP contribution in [0.25, 0.3) is 22.3 Å². The fraction of sp³-hybridized carbons (Fsp3) is 0.324. The van der Waals surface area contributed by atoms with Gasteiger partial charge in [-0.25, -0.2) is 9.18 Å². The number of hydrogen-bond acceptors (Lipinski definition) is 3. The molecule has 6 rings (SSSR count). The minimum Gasteiger partial charge on any atom is -0.457 e. The van der Waals surface area contributed by atoms with Crippen molar-refractivity contribution >= 4 is 23.3 Å². The minimum atomic E-state index is -0.536. The van der Waals surface area contributed by atoms with E-state index in [1.165, 1.54) is 50.2 Å². The molecule has 0 spiro atoms. The van der Waals surface area contributed by atoms with E-state index in [0.717, 1.165) is 53.9 Å². The van der Waals surface area contributed by atoms with Gasteiger partial charge in [-0.3, -0.25) is 0 Å². The number of anilines is 1. The second kappa shape index (κ2) is 13.1. The maximum Gasteiger partial charge on any atom is 0.338 e. The molecule has 2 fully saturated rings. The molecule has 1 aliphatic heterocycles. The van der Waals surface area contributed by atoms with E-state index in [4.69, 9.17) is 16.3 Å². The van der Waals surface area contributed by atoms with Crippen molar-refractivity contribution in [3.05, 3.63) is 112 Å². The highest BCUT2D eigenvalue weighted by molar-refractivity contribution is 6.30. The first-order valence-electron chi connectivity index (χ1n) is 15.3. The number of benzene rings is 4. The summed E-state index contributed by atoms with van der Waals surface area (Å²) in [5, 5.41) is 0.670. The number of nitrogens with zero attached hydrogens (tertiary/aromatic N) is 1. The lowest BCUT2D eigenvalue weighted by molar-refractivity contribution is 0.0473. The Balaban J connectivity index is 1.23. The van der Waals surface area contributed by atoms with Gasteiger partial charge < -0.3 is 9.64 Å². The first kappa shape index (κ1) is 28.5. The Morgan fingerprint density at radius 2 is 1.50 bits per heavy atom. The topological polar surface area (TPSA) is 29.5 Å². The number of esters is 1. The molecule has 1 aliphatic carbocycles. The summed E-state index contributed by atoms with van der Waals surface area (Å²) in [5.74, 6) is -0.484. The molecule has 4 aromatic rings. The molecule has 0 bridgehead atoms. The van der Waals surface area contributed by atoms with Crippen LogP contribution in [0.4, 0.5) is 10.1 Å². The second-order valence-electron chi connectivity index (χ2n) is 11.6. The fourth-order valence-electron chi connectivity index (χ4n) is 6.56. The highest BCUT2D eigenvalue weighted by Crippen LogP contribution is 2.39. The summed E-state index contributed by atoms with van der Waals surface area (Å²) in [6.07, 6.45) is 9.59. The Hall–Kier alpha value is -3.63. The van der Waals surface area contributed by atoms with Crippen LogP contribution in [0.1, 0.15) is 78.8 Å². The third-order valence-corrected chi connectivity index (χ3v) is 9.08. The predicted octanol–water partition coefficient (Wildman–Crippen LogP) is 10.2. The van der Waals surface area contributed by atoms with E-state index < -0.39 is 11.8 Å². The van der Waals surface area contributed by atoms with Crippen LogP contribution in [0.15, 0.2) is 84.9 Å². The summed E-state index contributed by atoms with van der Waals surface area (Å²) in [4.78, 5) is 15.6. The van der Waals surface area contributed by atoms with Crippen molar-refractivity contribution in [2.24, 2.45) is 0 Å². The van der Waals surface area contributed by atoms with E-state index in [1.54, 1.807) is 12.1 Å². The highest BCUT2D eigenvalue weighted by Gasteiger charge is 2.21. The van der Waals surface area contributed by atoms with Crippen LogP contribution in [-0.4, -0.2) is 19.1 Å². The Bertz CT molecular complexity index is 1540. The van der Waals surface area contributed by atoms with Gasteiger partial charge in [0.2, 0.25) is 0 Å². The van der Waals surface area contributed by atoms with E-state index in [2.05, 4.69) is 29.2 Å². The minimum absolute atomic E-state index is 0.0896. The molecule has 0 amide bonds. The summed E-state index contributed by atoms with van der Waals surface area (Å²) in [5.41, 5.74) is 6.90. The Labute approximate surface area is 253 Å². The number of carbonyl (C=O) groups excluding carboxylic acids is 1. The number of rotatable bonds is 7. The molecule has 1 saturated carbocycles. The zero-order chi connectivity index (χ0) is 28.9. The standard InChI is InChI=1S/C37H37ClFNO2/c38-30-16-13-27(14-17-30)32-20-18-31(40-21-7-2-8-22-40)23-29(32)25-42-37(41)28-15-19-35(36(39)24-28)34-12-6-5-11-33(34)26-9-3-1-4-10-26/h5-6,11-20,23-24,26H,1-4,7-10,21-22,25H2. The van der Waals surface area contributed by atoms with Crippen molar-refractivity contribution in [2.75, 3.05) is 18.0 Å². The van der Waals surface area contributed by atoms with Crippen LogP contribution >= 0.6 is 11.6 Å². The molecule has 1 saturated heterocycles. The van der Waals surface area contributed by atoms with E-state index in [1.807, 2.05) is 42.5 Å². The fourth-order valence-corrected chi connectivity index (χ4v) is 6.68. The first-order chi connectivity index (χ1) is 20.6. The largest absolute Gasteiger partial charge is 0.457 e. The summed E-state index contributed by atoms with van der Waals surface area (Å²) in [6.45, 7) is 2.14. The first-order valence-corrected chi connectivity index (χ1v) is 15.6. The van der Waals surface area contributed by atoms with Crippen molar-refractivity contribution in [3.8, 4) is 22.3 Å². The Morgan fingerprint density at radius 3 is 2.26 bits per heavy atom. The van der Waals surface area contributed by atoms with E-state index in [9.17, 15) is 4.79 Å². The van der Waals surface area contributed by atoms with Crippen LogP contribution < -0.4 is 4.90 Å². The normalized spacial score (nSPS) is 15.9. The maximum absolute atomic E-state index is 15.6. The maximum atomic E-state index is 15.6. The zero-order valence-corrected chi connectivity index (χ0v) is 24.7. The number of carbonyl (C=O) groups is 1. The van der Waals surface area contributed by atoms with E-state index >= 15 is 4.39 Å². The van der Waals surface area contributed by atoms with Gasteiger partial charge in [0, 0.05) is 29.4 Å². The summed E-state index contributed by atoms with van der Waals surface area (Å²) < 4.78 is 21.4. The Morgan fingerprint density at radius 1 is 0.786 bits per heavy atom. The lowest BCUT2D eigenvalue weighted by atomic mass is 9.81. The van der Waals surface area contributed by atoms with Gasteiger partial charge in [-0.05, 0) is 102 Å². The monoisotopic (exact) mass is 581 g/mol. The van der Waals surface area contributed by atoms with Crippen molar-refractivity contribution in [3.63, 3.8) is 0 Å². The predicted molar refractivity (Wildman–Crippen MR) is 170 cm³/mol. The van der Waals surface area contributed by atoms with Gasteiger partial charge in [-0.2, -0.15) is 0 Å². The third kappa shape index (κ3) is 6.39. The average Bonchev–Trinajstić information content (AvgIpc) is 3.05. The molecule has 0 atom stereocenters. The molecule has 5 heteroatoms. The molecule has 42 heavy (non-hydrogen) atoms. The van der Waals surface area contributed by atoms with E-state index in [-0.39, 0.29) is 12.2 Å². The third-order valence-electron chi connectivity index (χ3n) is 8.82. The van der Waals surface area contributed by atoms with Crippen molar-refractivity contribution in [1.29, 1.82) is 0 Å². The molecule has 0 N–H and O–H groups in total. The SMILES string of the molecule is O=C(OCc1cc(N2CCCCC2)ccc1-c1ccc(Cl)cc1)c1ccc(-c2ccccc2C2CCCCC2)c(F)c1. The average molecular weight is 582 g/mol. The summed E-state index contributed by atoms with van der Waals surface area (Å²) in [6, 6.07) is 26.9. The van der Waals surface area contributed by atoms with Crippen LogP contribution in [0.3, 0.4) is 0 Å². The van der Waals surface area contributed by atoms with E-state index in [0.29, 0.717) is 16.5 Å². The number of piperidine rings is 1. The van der Waals surface area contributed by atoms with Gasteiger partial charge in [0.05, 0.1) is 5.56 Å². The van der Waals surface area contributed by atoms with Gasteiger partial charge in [0.1, 0.15) is 12.4 Å². The number of halogens is 2. The van der Waals surface area contributed by atoms with Gasteiger partial charge in [-0.1, -0.05) is 79.4 Å². The second-order valence-corrected chi connectivity index (χ2v) is 12.0. The van der Waals surface area contributed by atoms with Gasteiger partial charge >= 0.3 is 5.97 Å².